The molecule has 0 N–H and O–H groups in total. The number of sulfonamides is 1. The molecule has 0 radical (unpaired) electrons. The van der Waals surface area contributed by atoms with Gasteiger partial charge in [0.25, 0.3) is 0 Å². The van der Waals surface area contributed by atoms with Crippen molar-refractivity contribution in [2.75, 3.05) is 26.8 Å². The van der Waals surface area contributed by atoms with Crippen LogP contribution in [0, 0.1) is 5.82 Å². The highest BCUT2D eigenvalue weighted by Gasteiger charge is 2.33. The van der Waals surface area contributed by atoms with Gasteiger partial charge in [-0.05, 0) is 12.1 Å². The predicted molar refractivity (Wildman–Crippen MR) is 71.5 cm³/mol. The second-order valence-corrected chi connectivity index (χ2v) is 6.47. The molecular weight excluding hydrogens is 301 g/mol. The Morgan fingerprint density at radius 3 is 2.86 bits per heavy atom. The van der Waals surface area contributed by atoms with Gasteiger partial charge in [0.05, 0.1) is 26.2 Å². The highest BCUT2D eigenvalue weighted by molar-refractivity contribution is 7.89. The van der Waals surface area contributed by atoms with Gasteiger partial charge < -0.3 is 9.47 Å². The smallest absolute Gasteiger partial charge is 0.308 e. The van der Waals surface area contributed by atoms with E-state index in [1.165, 1.54) is 25.3 Å². The number of methoxy groups -OCH3 is 1. The Labute approximate surface area is 122 Å². The Bertz CT molecular complexity index is 619. The number of hydrogen-bond acceptors (Lipinski definition) is 5. The van der Waals surface area contributed by atoms with Crippen LogP contribution >= 0.6 is 0 Å². The van der Waals surface area contributed by atoms with Crippen molar-refractivity contribution in [1.82, 2.24) is 4.31 Å². The number of halogens is 1. The van der Waals surface area contributed by atoms with Crippen LogP contribution < -0.4 is 0 Å². The molecule has 8 heteroatoms. The van der Waals surface area contributed by atoms with Gasteiger partial charge >= 0.3 is 5.97 Å². The molecule has 1 aliphatic rings. The van der Waals surface area contributed by atoms with Crippen molar-refractivity contribution in [3.8, 4) is 0 Å². The first-order valence-electron chi connectivity index (χ1n) is 6.38. The van der Waals surface area contributed by atoms with Gasteiger partial charge in [-0.15, -0.1) is 0 Å². The van der Waals surface area contributed by atoms with Crippen LogP contribution in [0.1, 0.15) is 6.42 Å². The van der Waals surface area contributed by atoms with E-state index in [1.54, 1.807) is 0 Å². The number of carbonyl (C=O) groups is 1. The van der Waals surface area contributed by atoms with Crippen LogP contribution in [0.3, 0.4) is 0 Å². The lowest BCUT2D eigenvalue weighted by Gasteiger charge is -2.31. The first kappa shape index (κ1) is 15.9. The summed E-state index contributed by atoms with van der Waals surface area (Å²) in [5, 5.41) is 0. The molecule has 1 aliphatic heterocycles. The third kappa shape index (κ3) is 3.58. The Hall–Kier alpha value is -1.51. The Kier molecular flexibility index (Phi) is 4.92. The molecule has 1 fully saturated rings. The molecule has 0 aromatic heterocycles. The Morgan fingerprint density at radius 1 is 1.48 bits per heavy atom. The molecule has 1 aromatic rings. The van der Waals surface area contributed by atoms with Gasteiger partial charge in [0.1, 0.15) is 10.7 Å². The molecule has 0 amide bonds. The largest absolute Gasteiger partial charge is 0.469 e. The van der Waals surface area contributed by atoms with Gasteiger partial charge in [-0.1, -0.05) is 12.1 Å². The van der Waals surface area contributed by atoms with E-state index in [2.05, 4.69) is 4.74 Å². The van der Waals surface area contributed by atoms with E-state index in [0.717, 1.165) is 10.4 Å². The minimum atomic E-state index is -3.94. The average molecular weight is 317 g/mol. The maximum Gasteiger partial charge on any atom is 0.308 e. The van der Waals surface area contributed by atoms with Gasteiger partial charge in [-0.25, -0.2) is 12.8 Å². The summed E-state index contributed by atoms with van der Waals surface area (Å²) in [5.41, 5.74) is 0. The number of carbonyl (C=O) groups excluding carboxylic acids is 1. The second kappa shape index (κ2) is 6.50. The number of hydrogen-bond donors (Lipinski definition) is 0. The van der Waals surface area contributed by atoms with Crippen LogP contribution in [0.2, 0.25) is 0 Å². The monoisotopic (exact) mass is 317 g/mol. The Morgan fingerprint density at radius 2 is 2.19 bits per heavy atom. The topological polar surface area (TPSA) is 72.9 Å². The number of nitrogens with zero attached hydrogens (tertiary/aromatic N) is 1. The number of benzene rings is 1. The number of ether oxygens (including phenoxy) is 2. The van der Waals surface area contributed by atoms with Crippen LogP contribution in [0.5, 0.6) is 0 Å². The van der Waals surface area contributed by atoms with Gasteiger partial charge in [0, 0.05) is 13.1 Å². The highest BCUT2D eigenvalue weighted by atomic mass is 32.2. The minimum Gasteiger partial charge on any atom is -0.469 e. The third-order valence-corrected chi connectivity index (χ3v) is 5.08. The molecule has 0 aliphatic carbocycles. The van der Waals surface area contributed by atoms with Gasteiger partial charge in [0.15, 0.2) is 0 Å². The van der Waals surface area contributed by atoms with Crippen LogP contribution in [-0.2, 0) is 24.3 Å². The van der Waals surface area contributed by atoms with Crippen molar-refractivity contribution in [3.63, 3.8) is 0 Å². The molecule has 1 atom stereocenters. The molecule has 116 valence electrons. The Balaban J connectivity index is 2.17. The maximum absolute atomic E-state index is 13.7. The van der Waals surface area contributed by atoms with Crippen molar-refractivity contribution in [3.05, 3.63) is 30.1 Å². The summed E-state index contributed by atoms with van der Waals surface area (Å²) in [6, 6.07) is 5.20. The van der Waals surface area contributed by atoms with Gasteiger partial charge in [0.2, 0.25) is 10.0 Å². The van der Waals surface area contributed by atoms with Crippen LogP contribution in [-0.4, -0.2) is 51.6 Å². The number of morpholine rings is 1. The highest BCUT2D eigenvalue weighted by Crippen LogP contribution is 2.22. The maximum atomic E-state index is 13.7. The third-order valence-electron chi connectivity index (χ3n) is 3.18. The number of esters is 1. The SMILES string of the molecule is COC(=O)CC1CN(S(=O)(=O)c2ccccc2F)CCO1. The zero-order valence-electron chi connectivity index (χ0n) is 11.5. The molecule has 0 spiro atoms. The van der Waals surface area contributed by atoms with E-state index in [1.807, 2.05) is 0 Å². The van der Waals surface area contributed by atoms with E-state index < -0.39 is 27.9 Å². The molecule has 21 heavy (non-hydrogen) atoms. The van der Waals surface area contributed by atoms with E-state index in [9.17, 15) is 17.6 Å². The first-order chi connectivity index (χ1) is 9.95. The van der Waals surface area contributed by atoms with Crippen LogP contribution in [0.25, 0.3) is 0 Å². The van der Waals surface area contributed by atoms with Crippen LogP contribution in [0.4, 0.5) is 4.39 Å². The molecule has 1 aromatic carbocycles. The lowest BCUT2D eigenvalue weighted by molar-refractivity contribution is -0.145. The lowest BCUT2D eigenvalue weighted by atomic mass is 10.2. The molecule has 0 saturated carbocycles. The summed E-state index contributed by atoms with van der Waals surface area (Å²) < 4.78 is 49.5. The molecule has 1 heterocycles. The van der Waals surface area contributed by atoms with E-state index in [0.29, 0.717) is 0 Å². The summed E-state index contributed by atoms with van der Waals surface area (Å²) >= 11 is 0. The summed E-state index contributed by atoms with van der Waals surface area (Å²) in [5.74, 6) is -1.28. The standard InChI is InChI=1S/C13H16FNO5S/c1-19-13(16)8-10-9-15(6-7-20-10)21(17,18)12-5-3-2-4-11(12)14/h2-5,10H,6-9H2,1H3. The van der Waals surface area contributed by atoms with Gasteiger partial charge in [-0.3, -0.25) is 4.79 Å². The van der Waals surface area contributed by atoms with Crippen LogP contribution in [0.15, 0.2) is 29.2 Å². The van der Waals surface area contributed by atoms with Crippen molar-refractivity contribution in [2.45, 2.75) is 17.4 Å². The van der Waals surface area contributed by atoms with E-state index in [4.69, 9.17) is 4.74 Å². The number of rotatable bonds is 4. The normalized spacial score (nSPS) is 20.2. The van der Waals surface area contributed by atoms with Gasteiger partial charge in [-0.2, -0.15) is 4.31 Å². The summed E-state index contributed by atoms with van der Waals surface area (Å²) in [4.78, 5) is 10.9. The second-order valence-electron chi connectivity index (χ2n) is 4.57. The predicted octanol–water partition coefficient (Wildman–Crippen LogP) is 0.778. The molecule has 1 unspecified atom stereocenters. The van der Waals surface area contributed by atoms with E-state index in [-0.39, 0.29) is 31.0 Å². The first-order valence-corrected chi connectivity index (χ1v) is 7.82. The fraction of sp³-hybridized carbons (Fsp3) is 0.462. The molecule has 2 rings (SSSR count). The minimum absolute atomic E-state index is 0.00817. The summed E-state index contributed by atoms with van der Waals surface area (Å²) in [7, 11) is -2.69. The average Bonchev–Trinajstić information content (AvgIpc) is 2.47. The van der Waals surface area contributed by atoms with Crippen molar-refractivity contribution in [1.29, 1.82) is 0 Å². The summed E-state index contributed by atoms with van der Waals surface area (Å²) in [6.07, 6.45) is -0.632. The zero-order chi connectivity index (χ0) is 15.5. The molecule has 1 saturated heterocycles. The lowest BCUT2D eigenvalue weighted by Crippen LogP contribution is -2.46. The fourth-order valence-corrected chi connectivity index (χ4v) is 3.62. The van der Waals surface area contributed by atoms with E-state index >= 15 is 0 Å². The zero-order valence-corrected chi connectivity index (χ0v) is 12.3. The summed E-state index contributed by atoms with van der Waals surface area (Å²) in [6.45, 7) is 0.259. The molecule has 0 bridgehead atoms. The quantitative estimate of drug-likeness (QED) is 0.767. The fourth-order valence-electron chi connectivity index (χ4n) is 2.10. The molecular formula is C13H16FNO5S. The molecule has 6 nitrogen and oxygen atoms in total. The van der Waals surface area contributed by atoms with Crippen molar-refractivity contribution >= 4 is 16.0 Å². The van der Waals surface area contributed by atoms with Crippen molar-refractivity contribution < 1.29 is 27.1 Å². The van der Waals surface area contributed by atoms with Crippen molar-refractivity contribution in [2.24, 2.45) is 0 Å².